The van der Waals surface area contributed by atoms with Gasteiger partial charge in [0.25, 0.3) is 0 Å². The summed E-state index contributed by atoms with van der Waals surface area (Å²) in [5, 5.41) is 0. The van der Waals surface area contributed by atoms with Crippen LogP contribution in [0.3, 0.4) is 0 Å². The molecule has 1 heteroatoms. The van der Waals surface area contributed by atoms with Gasteiger partial charge < -0.3 is 5.73 Å². The molecule has 0 bridgehead atoms. The minimum absolute atomic E-state index is 0.109. The van der Waals surface area contributed by atoms with Crippen molar-refractivity contribution in [3.63, 3.8) is 0 Å². The molecule has 0 aliphatic heterocycles. The Balaban J connectivity index is 2.24. The molecular weight excluding hydrogens is 230 g/mol. The Labute approximate surface area is 116 Å². The summed E-state index contributed by atoms with van der Waals surface area (Å²) in [6.07, 6.45) is 2.10. The van der Waals surface area contributed by atoms with E-state index in [1.807, 2.05) is 0 Å². The Morgan fingerprint density at radius 1 is 0.842 bits per heavy atom. The summed E-state index contributed by atoms with van der Waals surface area (Å²) in [5.74, 6) is 0.435. The summed E-state index contributed by atoms with van der Waals surface area (Å²) < 4.78 is 0. The van der Waals surface area contributed by atoms with Crippen LogP contribution in [0.2, 0.25) is 0 Å². The number of nitrogens with two attached hydrogens (primary N) is 1. The van der Waals surface area contributed by atoms with Crippen molar-refractivity contribution in [2.24, 2.45) is 5.73 Å². The molecular formula is C18H23N. The van der Waals surface area contributed by atoms with E-state index in [1.165, 1.54) is 11.1 Å². The minimum Gasteiger partial charge on any atom is -0.326 e. The molecule has 1 nitrogen and oxygen atoms in total. The fourth-order valence-corrected chi connectivity index (χ4v) is 2.41. The summed E-state index contributed by atoms with van der Waals surface area (Å²) in [5.41, 5.74) is 8.78. The van der Waals surface area contributed by atoms with Crippen molar-refractivity contribution in [2.75, 3.05) is 0 Å². The lowest BCUT2D eigenvalue weighted by Crippen LogP contribution is -2.32. The van der Waals surface area contributed by atoms with E-state index in [-0.39, 0.29) is 5.54 Å². The normalized spacial score (nSPS) is 11.8. The van der Waals surface area contributed by atoms with E-state index in [4.69, 9.17) is 5.73 Å². The monoisotopic (exact) mass is 253 g/mol. The lowest BCUT2D eigenvalue weighted by atomic mass is 9.84. The van der Waals surface area contributed by atoms with Gasteiger partial charge in [0.2, 0.25) is 0 Å². The molecule has 2 rings (SSSR count). The highest BCUT2D eigenvalue weighted by Gasteiger charge is 2.18. The van der Waals surface area contributed by atoms with Crippen LogP contribution >= 0.6 is 0 Å². The number of hydrogen-bond donors (Lipinski definition) is 1. The van der Waals surface area contributed by atoms with E-state index in [9.17, 15) is 0 Å². The average molecular weight is 253 g/mol. The van der Waals surface area contributed by atoms with E-state index in [2.05, 4.69) is 74.5 Å². The molecule has 0 spiro atoms. The van der Waals surface area contributed by atoms with Crippen LogP contribution in [0.5, 0.6) is 0 Å². The SMILES string of the molecule is CC(C)(N)CCC(c1ccccc1)c1ccccc1. The fraction of sp³-hybridized carbons (Fsp3) is 0.333. The molecule has 2 N–H and O–H groups in total. The molecule has 0 amide bonds. The van der Waals surface area contributed by atoms with Gasteiger partial charge in [-0.2, -0.15) is 0 Å². The van der Waals surface area contributed by atoms with Crippen LogP contribution in [-0.4, -0.2) is 5.54 Å². The Hall–Kier alpha value is -1.60. The molecule has 0 saturated carbocycles. The average Bonchev–Trinajstić information content (AvgIpc) is 2.40. The van der Waals surface area contributed by atoms with Crippen molar-refractivity contribution in [3.8, 4) is 0 Å². The number of rotatable bonds is 5. The van der Waals surface area contributed by atoms with Crippen LogP contribution < -0.4 is 5.73 Å². The second kappa shape index (κ2) is 6.03. The predicted octanol–water partition coefficient (Wildman–Crippen LogP) is 4.34. The van der Waals surface area contributed by atoms with Crippen molar-refractivity contribution in [1.82, 2.24) is 0 Å². The van der Waals surface area contributed by atoms with E-state index in [0.29, 0.717) is 5.92 Å². The lowest BCUT2D eigenvalue weighted by Gasteiger charge is -2.24. The van der Waals surface area contributed by atoms with Crippen molar-refractivity contribution >= 4 is 0 Å². The number of benzene rings is 2. The number of hydrogen-bond acceptors (Lipinski definition) is 1. The molecule has 0 fully saturated rings. The second-order valence-electron chi connectivity index (χ2n) is 5.90. The third-order valence-corrected chi connectivity index (χ3v) is 3.48. The first-order valence-electron chi connectivity index (χ1n) is 6.95. The summed E-state index contributed by atoms with van der Waals surface area (Å²) >= 11 is 0. The third-order valence-electron chi connectivity index (χ3n) is 3.48. The van der Waals surface area contributed by atoms with Gasteiger partial charge in [-0.25, -0.2) is 0 Å². The highest BCUT2D eigenvalue weighted by atomic mass is 14.7. The molecule has 2 aromatic rings. The first kappa shape index (κ1) is 13.8. The van der Waals surface area contributed by atoms with Crippen LogP contribution in [0, 0.1) is 0 Å². The van der Waals surface area contributed by atoms with Crippen LogP contribution in [0.25, 0.3) is 0 Å². The van der Waals surface area contributed by atoms with Crippen LogP contribution in [0.15, 0.2) is 60.7 Å². The van der Waals surface area contributed by atoms with Crippen molar-refractivity contribution in [1.29, 1.82) is 0 Å². The first-order chi connectivity index (χ1) is 9.06. The lowest BCUT2D eigenvalue weighted by molar-refractivity contribution is 0.445. The molecule has 0 saturated heterocycles. The molecule has 0 aromatic heterocycles. The summed E-state index contributed by atoms with van der Waals surface area (Å²) in [6.45, 7) is 4.19. The Morgan fingerprint density at radius 2 is 1.26 bits per heavy atom. The van der Waals surface area contributed by atoms with Gasteiger partial charge in [0.15, 0.2) is 0 Å². The Bertz CT molecular complexity index is 443. The minimum atomic E-state index is -0.109. The molecule has 19 heavy (non-hydrogen) atoms. The van der Waals surface area contributed by atoms with Gasteiger partial charge in [-0.15, -0.1) is 0 Å². The van der Waals surface area contributed by atoms with Gasteiger partial charge >= 0.3 is 0 Å². The second-order valence-corrected chi connectivity index (χ2v) is 5.90. The zero-order valence-corrected chi connectivity index (χ0v) is 11.8. The zero-order chi connectivity index (χ0) is 13.7. The van der Waals surface area contributed by atoms with E-state index < -0.39 is 0 Å². The maximum atomic E-state index is 6.14. The van der Waals surface area contributed by atoms with Gasteiger partial charge in [-0.3, -0.25) is 0 Å². The highest BCUT2D eigenvalue weighted by molar-refractivity contribution is 5.32. The Morgan fingerprint density at radius 3 is 1.63 bits per heavy atom. The van der Waals surface area contributed by atoms with E-state index in [1.54, 1.807) is 0 Å². The first-order valence-corrected chi connectivity index (χ1v) is 6.95. The summed E-state index contributed by atoms with van der Waals surface area (Å²) in [4.78, 5) is 0. The molecule has 100 valence electrons. The largest absolute Gasteiger partial charge is 0.326 e. The van der Waals surface area contributed by atoms with Crippen molar-refractivity contribution < 1.29 is 0 Å². The smallest absolute Gasteiger partial charge is 0.00973 e. The summed E-state index contributed by atoms with van der Waals surface area (Å²) in [7, 11) is 0. The summed E-state index contributed by atoms with van der Waals surface area (Å²) in [6, 6.07) is 21.4. The van der Waals surface area contributed by atoms with Crippen LogP contribution in [-0.2, 0) is 0 Å². The highest BCUT2D eigenvalue weighted by Crippen LogP contribution is 2.30. The maximum Gasteiger partial charge on any atom is 0.00973 e. The van der Waals surface area contributed by atoms with Gasteiger partial charge in [0, 0.05) is 11.5 Å². The molecule has 0 atom stereocenters. The van der Waals surface area contributed by atoms with Crippen molar-refractivity contribution in [2.45, 2.75) is 38.1 Å². The van der Waals surface area contributed by atoms with Crippen LogP contribution in [0.1, 0.15) is 43.7 Å². The van der Waals surface area contributed by atoms with Gasteiger partial charge in [-0.1, -0.05) is 60.7 Å². The molecule has 2 aromatic carbocycles. The Kier molecular flexibility index (Phi) is 4.39. The molecule has 0 unspecified atom stereocenters. The molecule has 0 radical (unpaired) electrons. The third kappa shape index (κ3) is 4.22. The van der Waals surface area contributed by atoms with Gasteiger partial charge in [0.05, 0.1) is 0 Å². The quantitative estimate of drug-likeness (QED) is 0.843. The standard InChI is InChI=1S/C18H23N/c1-18(2,19)14-13-17(15-9-5-3-6-10-15)16-11-7-4-8-12-16/h3-12,17H,13-14,19H2,1-2H3. The molecule has 0 aliphatic carbocycles. The predicted molar refractivity (Wildman–Crippen MR) is 82.2 cm³/mol. The van der Waals surface area contributed by atoms with Gasteiger partial charge in [-0.05, 0) is 37.8 Å². The van der Waals surface area contributed by atoms with E-state index in [0.717, 1.165) is 12.8 Å². The van der Waals surface area contributed by atoms with Crippen molar-refractivity contribution in [3.05, 3.63) is 71.8 Å². The molecule has 0 aliphatic rings. The molecule has 0 heterocycles. The maximum absolute atomic E-state index is 6.14. The van der Waals surface area contributed by atoms with Gasteiger partial charge in [0.1, 0.15) is 0 Å². The van der Waals surface area contributed by atoms with E-state index >= 15 is 0 Å². The fourth-order valence-electron chi connectivity index (χ4n) is 2.41. The van der Waals surface area contributed by atoms with Crippen LogP contribution in [0.4, 0.5) is 0 Å². The zero-order valence-electron chi connectivity index (χ0n) is 11.8. The topological polar surface area (TPSA) is 26.0 Å².